The van der Waals surface area contributed by atoms with Gasteiger partial charge in [0, 0.05) is 32.9 Å². The number of halogens is 1. The van der Waals surface area contributed by atoms with Crippen LogP contribution in [0.4, 0.5) is 11.4 Å². The Bertz CT molecular complexity index is 351. The van der Waals surface area contributed by atoms with Gasteiger partial charge in [0.05, 0.1) is 27.6 Å². The first-order valence-electron chi connectivity index (χ1n) is 5.30. The Morgan fingerprint density at radius 2 is 2.29 bits per heavy atom. The number of nitrogens with zero attached hydrogens (tertiary/aromatic N) is 1. The van der Waals surface area contributed by atoms with Crippen molar-refractivity contribution in [2.24, 2.45) is 0 Å². The number of nitrogens with one attached hydrogen (secondary N) is 1. The lowest BCUT2D eigenvalue weighted by Crippen LogP contribution is -2.34. The van der Waals surface area contributed by atoms with Crippen LogP contribution < -0.4 is 11.1 Å². The van der Waals surface area contributed by atoms with Gasteiger partial charge in [0.1, 0.15) is 0 Å². The maximum Gasteiger partial charge on any atom is 0.0813 e. The van der Waals surface area contributed by atoms with Crippen molar-refractivity contribution >= 4 is 27.3 Å². The Labute approximate surface area is 110 Å². The van der Waals surface area contributed by atoms with E-state index in [1.165, 1.54) is 0 Å². The summed E-state index contributed by atoms with van der Waals surface area (Å²) < 4.78 is 5.72. The van der Waals surface area contributed by atoms with Gasteiger partial charge in [0.25, 0.3) is 0 Å². The van der Waals surface area contributed by atoms with E-state index in [-0.39, 0.29) is 0 Å². The molecule has 0 radical (unpaired) electrons. The summed E-state index contributed by atoms with van der Waals surface area (Å²) in [4.78, 5) is 3.94. The second-order valence-electron chi connectivity index (χ2n) is 4.18. The van der Waals surface area contributed by atoms with Gasteiger partial charge in [-0.25, -0.2) is 0 Å². The van der Waals surface area contributed by atoms with Crippen LogP contribution in [0.1, 0.15) is 13.3 Å². The van der Waals surface area contributed by atoms with Gasteiger partial charge in [-0.15, -0.1) is 0 Å². The van der Waals surface area contributed by atoms with Gasteiger partial charge >= 0.3 is 0 Å². The quantitative estimate of drug-likeness (QED) is 0.744. The monoisotopic (exact) mass is 303 g/mol. The summed E-state index contributed by atoms with van der Waals surface area (Å²) in [6.07, 6.45) is 3.78. The van der Waals surface area contributed by atoms with Crippen molar-refractivity contribution in [3.05, 3.63) is 16.9 Å². The molecule has 1 aromatic rings. The lowest BCUT2D eigenvalue weighted by molar-refractivity contribution is 0.0357. The maximum atomic E-state index is 10.1. The highest BCUT2D eigenvalue weighted by atomic mass is 79.9. The molecule has 17 heavy (non-hydrogen) atoms. The maximum absolute atomic E-state index is 10.1. The Hall–Kier alpha value is -0.850. The number of hydrogen-bond donors (Lipinski definition) is 3. The first kappa shape index (κ1) is 14.2. The van der Waals surface area contributed by atoms with Crippen LogP contribution >= 0.6 is 15.9 Å². The van der Waals surface area contributed by atoms with E-state index in [0.717, 1.165) is 10.2 Å². The van der Waals surface area contributed by atoms with E-state index < -0.39 is 5.60 Å². The van der Waals surface area contributed by atoms with Crippen LogP contribution in [-0.2, 0) is 4.74 Å². The largest absolute Gasteiger partial charge is 0.396 e. The van der Waals surface area contributed by atoms with Gasteiger partial charge in [-0.3, -0.25) is 4.98 Å². The van der Waals surface area contributed by atoms with E-state index in [1.807, 2.05) is 0 Å². The molecule has 1 heterocycles. The fourth-order valence-electron chi connectivity index (χ4n) is 1.33. The molecule has 0 spiro atoms. The second-order valence-corrected chi connectivity index (χ2v) is 5.03. The summed E-state index contributed by atoms with van der Waals surface area (Å²) >= 11 is 3.36. The van der Waals surface area contributed by atoms with E-state index in [9.17, 15) is 5.11 Å². The number of ether oxygens (including phenoxy) is 1. The van der Waals surface area contributed by atoms with Crippen LogP contribution in [0.5, 0.6) is 0 Å². The molecule has 0 aliphatic carbocycles. The lowest BCUT2D eigenvalue weighted by Gasteiger charge is -2.24. The second kappa shape index (κ2) is 6.18. The first-order chi connectivity index (χ1) is 7.96. The third kappa shape index (κ3) is 4.49. The highest BCUT2D eigenvalue weighted by Crippen LogP contribution is 2.27. The molecule has 0 saturated carbocycles. The fourth-order valence-corrected chi connectivity index (χ4v) is 1.81. The minimum Gasteiger partial charge on any atom is -0.396 e. The van der Waals surface area contributed by atoms with Gasteiger partial charge in [0.15, 0.2) is 0 Å². The molecule has 96 valence electrons. The standard InChI is InChI=1S/C11H18BrN3O2/c1-11(16,3-4-17-2)7-15-10-8(12)5-14-6-9(10)13/h5-6,16H,3-4,7,13H2,1-2H3,(H,14,15). The summed E-state index contributed by atoms with van der Waals surface area (Å²) in [5.41, 5.74) is 6.24. The zero-order valence-electron chi connectivity index (χ0n) is 10.0. The number of anilines is 2. The van der Waals surface area contributed by atoms with Crippen LogP contribution in [0.3, 0.4) is 0 Å². The summed E-state index contributed by atoms with van der Waals surface area (Å²) in [6, 6.07) is 0. The number of pyridine rings is 1. The predicted octanol–water partition coefficient (Wildman–Crippen LogP) is 1.63. The molecule has 0 aliphatic rings. The van der Waals surface area contributed by atoms with E-state index in [0.29, 0.717) is 25.3 Å². The van der Waals surface area contributed by atoms with Crippen LogP contribution in [0.2, 0.25) is 0 Å². The van der Waals surface area contributed by atoms with Crippen molar-refractivity contribution in [2.75, 3.05) is 31.3 Å². The molecule has 0 bridgehead atoms. The van der Waals surface area contributed by atoms with E-state index in [2.05, 4.69) is 26.2 Å². The van der Waals surface area contributed by atoms with Crippen molar-refractivity contribution in [1.82, 2.24) is 4.98 Å². The summed E-state index contributed by atoms with van der Waals surface area (Å²) in [6.45, 7) is 2.66. The smallest absolute Gasteiger partial charge is 0.0813 e. The molecule has 1 unspecified atom stereocenters. The van der Waals surface area contributed by atoms with Gasteiger partial charge in [-0.1, -0.05) is 0 Å². The number of nitrogens with two attached hydrogens (primary N) is 1. The van der Waals surface area contributed by atoms with E-state index >= 15 is 0 Å². The fraction of sp³-hybridized carbons (Fsp3) is 0.545. The van der Waals surface area contributed by atoms with Gasteiger partial charge in [-0.2, -0.15) is 0 Å². The SMILES string of the molecule is COCCC(C)(O)CNc1c(N)cncc1Br. The molecule has 0 fully saturated rings. The zero-order chi connectivity index (χ0) is 12.9. The van der Waals surface area contributed by atoms with E-state index in [1.54, 1.807) is 26.4 Å². The Kier molecular flexibility index (Phi) is 5.17. The van der Waals surface area contributed by atoms with Crippen LogP contribution in [-0.4, -0.2) is 36.0 Å². The van der Waals surface area contributed by atoms with Crippen LogP contribution in [0.25, 0.3) is 0 Å². The molecule has 1 atom stereocenters. The molecule has 0 aliphatic heterocycles. The Morgan fingerprint density at radius 1 is 1.59 bits per heavy atom. The minimum atomic E-state index is -0.842. The third-order valence-corrected chi connectivity index (χ3v) is 3.02. The highest BCUT2D eigenvalue weighted by molar-refractivity contribution is 9.10. The molecule has 1 aromatic heterocycles. The summed E-state index contributed by atoms with van der Waals surface area (Å²) in [5.74, 6) is 0. The number of hydrogen-bond acceptors (Lipinski definition) is 5. The highest BCUT2D eigenvalue weighted by Gasteiger charge is 2.20. The number of methoxy groups -OCH3 is 1. The molecule has 5 nitrogen and oxygen atoms in total. The Morgan fingerprint density at radius 3 is 2.88 bits per heavy atom. The zero-order valence-corrected chi connectivity index (χ0v) is 11.6. The summed E-state index contributed by atoms with van der Waals surface area (Å²) in [7, 11) is 1.61. The van der Waals surface area contributed by atoms with E-state index in [4.69, 9.17) is 10.5 Å². The van der Waals surface area contributed by atoms with Gasteiger partial charge in [0.2, 0.25) is 0 Å². The third-order valence-electron chi connectivity index (χ3n) is 2.42. The number of nitrogen functional groups attached to an aromatic ring is 1. The average molecular weight is 304 g/mol. The first-order valence-corrected chi connectivity index (χ1v) is 6.10. The van der Waals surface area contributed by atoms with Crippen molar-refractivity contribution in [3.63, 3.8) is 0 Å². The van der Waals surface area contributed by atoms with Gasteiger partial charge in [-0.05, 0) is 22.9 Å². The molecular formula is C11H18BrN3O2. The number of rotatable bonds is 6. The van der Waals surface area contributed by atoms with Crippen molar-refractivity contribution in [1.29, 1.82) is 0 Å². The Balaban J connectivity index is 2.60. The predicted molar refractivity (Wildman–Crippen MR) is 72.0 cm³/mol. The topological polar surface area (TPSA) is 80.4 Å². The molecule has 4 N–H and O–H groups in total. The van der Waals surface area contributed by atoms with Crippen LogP contribution in [0, 0.1) is 0 Å². The normalized spacial score (nSPS) is 14.4. The molecule has 0 aromatic carbocycles. The van der Waals surface area contributed by atoms with Crippen molar-refractivity contribution in [3.8, 4) is 0 Å². The lowest BCUT2D eigenvalue weighted by atomic mass is 10.0. The molecule has 1 rings (SSSR count). The van der Waals surface area contributed by atoms with Crippen molar-refractivity contribution < 1.29 is 9.84 Å². The number of aliphatic hydroxyl groups is 1. The average Bonchev–Trinajstić information content (AvgIpc) is 2.26. The minimum absolute atomic E-state index is 0.392. The van der Waals surface area contributed by atoms with Gasteiger partial charge < -0.3 is 20.9 Å². The molecule has 0 amide bonds. The van der Waals surface area contributed by atoms with Crippen LogP contribution in [0.15, 0.2) is 16.9 Å². The molecular weight excluding hydrogens is 286 g/mol. The number of aromatic nitrogens is 1. The summed E-state index contributed by atoms with van der Waals surface area (Å²) in [5, 5.41) is 13.2. The van der Waals surface area contributed by atoms with Crippen molar-refractivity contribution in [2.45, 2.75) is 18.9 Å². The molecule has 0 saturated heterocycles. The molecule has 6 heteroatoms.